The fourth-order valence-corrected chi connectivity index (χ4v) is 6.33. The predicted molar refractivity (Wildman–Crippen MR) is 165 cm³/mol. The van der Waals surface area contributed by atoms with Gasteiger partial charge in [-0.25, -0.2) is 0 Å². The lowest BCUT2D eigenvalue weighted by molar-refractivity contribution is -0.141. The highest BCUT2D eigenvalue weighted by atomic mass is 28.4. The van der Waals surface area contributed by atoms with Crippen molar-refractivity contribution >= 4 is 33.8 Å². The maximum Gasteiger partial charge on any atom is 0.310 e. The molecule has 0 unspecified atom stereocenters. The van der Waals surface area contributed by atoms with E-state index in [9.17, 15) is 4.79 Å². The van der Waals surface area contributed by atoms with Crippen LogP contribution in [0.1, 0.15) is 78.0 Å². The molecule has 6 heteroatoms. The van der Waals surface area contributed by atoms with Crippen molar-refractivity contribution in [1.82, 2.24) is 0 Å². The second-order valence-corrected chi connectivity index (χ2v) is 22.9. The van der Waals surface area contributed by atoms with Gasteiger partial charge < -0.3 is 13.6 Å². The topological polar surface area (TPSA) is 44.8 Å². The number of ether oxygens (including phenoxy) is 1. The first-order valence-electron chi connectivity index (χ1n) is 14.0. The van der Waals surface area contributed by atoms with Crippen molar-refractivity contribution < 1.29 is 18.4 Å². The van der Waals surface area contributed by atoms with E-state index in [1.807, 2.05) is 6.92 Å². The van der Waals surface area contributed by atoms with Gasteiger partial charge in [0.2, 0.25) is 0 Å². The molecule has 2 aromatic carbocycles. The number of aryl methyl sites for hydroxylation is 1. The van der Waals surface area contributed by atoms with Gasteiger partial charge >= 0.3 is 5.97 Å². The fourth-order valence-electron chi connectivity index (χ4n) is 4.27. The summed E-state index contributed by atoms with van der Waals surface area (Å²) >= 11 is 0. The molecule has 0 radical (unpaired) electrons. The van der Waals surface area contributed by atoms with Crippen LogP contribution < -0.4 is 8.85 Å². The van der Waals surface area contributed by atoms with Crippen LogP contribution in [0.25, 0.3) is 11.1 Å². The number of carbonyl (C=O) groups excluding carboxylic acids is 1. The Bertz CT molecular complexity index is 1150. The lowest BCUT2D eigenvalue weighted by atomic mass is 9.81. The van der Waals surface area contributed by atoms with E-state index < -0.39 is 16.6 Å². The Morgan fingerprint density at radius 2 is 1.32 bits per heavy atom. The molecular formula is C32H48O4Si2. The van der Waals surface area contributed by atoms with E-state index in [-0.39, 0.29) is 22.5 Å². The molecule has 0 fully saturated rings. The first-order chi connectivity index (χ1) is 17.5. The van der Waals surface area contributed by atoms with Gasteiger partial charge in [-0.3, -0.25) is 4.79 Å². The molecular weight excluding hydrogens is 505 g/mol. The monoisotopic (exact) mass is 552 g/mol. The Labute approximate surface area is 233 Å². The number of fused-ring (bicyclic) bond motifs is 1. The van der Waals surface area contributed by atoms with Crippen LogP contribution in [0.3, 0.4) is 0 Å². The van der Waals surface area contributed by atoms with E-state index in [1.165, 1.54) is 5.56 Å². The molecule has 0 heterocycles. The van der Waals surface area contributed by atoms with E-state index in [0.717, 1.165) is 46.6 Å². The van der Waals surface area contributed by atoms with Crippen LogP contribution in [0.4, 0.5) is 0 Å². The largest absolute Gasteiger partial charge is 0.543 e. The van der Waals surface area contributed by atoms with Crippen molar-refractivity contribution in [3.05, 3.63) is 59.2 Å². The maximum atomic E-state index is 12.9. The zero-order valence-electron chi connectivity index (χ0n) is 25.5. The van der Waals surface area contributed by atoms with Crippen molar-refractivity contribution in [2.24, 2.45) is 0 Å². The molecule has 0 bridgehead atoms. The number of rotatable bonds is 8. The average molecular weight is 553 g/mol. The van der Waals surface area contributed by atoms with Gasteiger partial charge in [0.25, 0.3) is 16.6 Å². The van der Waals surface area contributed by atoms with Gasteiger partial charge in [0.1, 0.15) is 11.5 Å². The predicted octanol–water partition coefficient (Wildman–Crippen LogP) is 9.26. The number of carbonyl (C=O) groups is 1. The highest BCUT2D eigenvalue weighted by molar-refractivity contribution is 6.75. The van der Waals surface area contributed by atoms with E-state index in [2.05, 4.69) is 110 Å². The molecule has 1 aliphatic rings. The average Bonchev–Trinajstić information content (AvgIpc) is 2.78. The maximum absolute atomic E-state index is 12.9. The van der Waals surface area contributed by atoms with Gasteiger partial charge in [-0.15, -0.1) is 0 Å². The summed E-state index contributed by atoms with van der Waals surface area (Å²) in [4.78, 5) is 12.9. The quantitative estimate of drug-likeness (QED) is 0.242. The molecule has 0 aliphatic heterocycles. The molecule has 0 aromatic heterocycles. The normalized spacial score (nSPS) is 14.7. The van der Waals surface area contributed by atoms with Crippen molar-refractivity contribution in [1.29, 1.82) is 0 Å². The third kappa shape index (κ3) is 6.45. The Morgan fingerprint density at radius 1 is 0.789 bits per heavy atom. The van der Waals surface area contributed by atoms with Crippen molar-refractivity contribution in [3.8, 4) is 11.5 Å². The Hall–Kier alpha value is -2.32. The highest BCUT2D eigenvalue weighted by Gasteiger charge is 2.42. The van der Waals surface area contributed by atoms with Crippen LogP contribution >= 0.6 is 0 Å². The van der Waals surface area contributed by atoms with Crippen LogP contribution in [0, 0.1) is 0 Å². The van der Waals surface area contributed by atoms with Crippen LogP contribution in [-0.4, -0.2) is 29.2 Å². The van der Waals surface area contributed by atoms with Crippen molar-refractivity contribution in [2.75, 3.05) is 6.61 Å². The number of esters is 1. The Kier molecular flexibility index (Phi) is 8.79. The highest BCUT2D eigenvalue weighted by Crippen LogP contribution is 2.49. The molecule has 1 aliphatic carbocycles. The third-order valence-electron chi connectivity index (χ3n) is 8.61. The SMILES string of the molecule is CCOC(=O)CC1=C(c2c(O[Si](C)(C)C(C)(C)C)cccc2O[Si](C)(C)C(C)(C)C)CCc2ccccc21. The number of hydrogen-bond donors (Lipinski definition) is 0. The first kappa shape index (κ1) is 30.2. The standard InChI is InChI=1S/C32H48O4Si2/c1-12-34-29(33)22-26-24-17-14-13-16-23(24)20-21-25(26)30-27(35-37(8,9)31(2,3)4)18-15-19-28(30)36-38(10,11)32(5,6)7/h13-19H,12,20-22H2,1-11H3. The summed E-state index contributed by atoms with van der Waals surface area (Å²) in [5.74, 6) is 1.53. The first-order valence-corrected chi connectivity index (χ1v) is 19.8. The van der Waals surface area contributed by atoms with Crippen molar-refractivity contribution in [3.63, 3.8) is 0 Å². The van der Waals surface area contributed by atoms with Crippen LogP contribution in [-0.2, 0) is 16.0 Å². The molecule has 38 heavy (non-hydrogen) atoms. The van der Waals surface area contributed by atoms with Crippen LogP contribution in [0.2, 0.25) is 36.3 Å². The summed E-state index contributed by atoms with van der Waals surface area (Å²) in [6.45, 7) is 24.9. The van der Waals surface area contributed by atoms with Crippen LogP contribution in [0.5, 0.6) is 11.5 Å². The van der Waals surface area contributed by atoms with Gasteiger partial charge in [0.05, 0.1) is 18.6 Å². The molecule has 4 nitrogen and oxygen atoms in total. The smallest absolute Gasteiger partial charge is 0.310 e. The number of benzene rings is 2. The second kappa shape index (κ2) is 11.0. The molecule has 0 saturated heterocycles. The van der Waals surface area contributed by atoms with E-state index in [1.54, 1.807) is 0 Å². The van der Waals surface area contributed by atoms with Gasteiger partial charge in [0.15, 0.2) is 0 Å². The zero-order chi connectivity index (χ0) is 28.5. The minimum atomic E-state index is -2.16. The molecule has 0 amide bonds. The third-order valence-corrected chi connectivity index (χ3v) is 17.3. The van der Waals surface area contributed by atoms with Gasteiger partial charge in [0, 0.05) is 0 Å². The number of hydrogen-bond acceptors (Lipinski definition) is 4. The molecule has 3 rings (SSSR count). The molecule has 0 saturated carbocycles. The van der Waals surface area contributed by atoms with Crippen LogP contribution in [0.15, 0.2) is 42.5 Å². The van der Waals surface area contributed by atoms with Gasteiger partial charge in [-0.1, -0.05) is 71.9 Å². The fraction of sp³-hybridized carbons (Fsp3) is 0.531. The molecule has 0 atom stereocenters. The van der Waals surface area contributed by atoms with E-state index >= 15 is 0 Å². The molecule has 0 spiro atoms. The van der Waals surface area contributed by atoms with Gasteiger partial charge in [-0.2, -0.15) is 0 Å². The lowest BCUT2D eigenvalue weighted by Gasteiger charge is -2.40. The lowest BCUT2D eigenvalue weighted by Crippen LogP contribution is -2.45. The number of allylic oxidation sites excluding steroid dienone is 1. The minimum Gasteiger partial charge on any atom is -0.543 e. The molecule has 208 valence electrons. The summed E-state index contributed by atoms with van der Waals surface area (Å²) in [5, 5.41) is 0.0870. The minimum absolute atomic E-state index is 0.0435. The summed E-state index contributed by atoms with van der Waals surface area (Å²) in [6.07, 6.45) is 1.96. The Balaban J connectivity index is 2.32. The van der Waals surface area contributed by atoms with Gasteiger partial charge in [-0.05, 0) is 90.4 Å². The molecule has 2 aromatic rings. The summed E-state index contributed by atoms with van der Waals surface area (Å²) in [5.41, 5.74) is 5.57. The van der Waals surface area contributed by atoms with E-state index in [4.69, 9.17) is 13.6 Å². The van der Waals surface area contributed by atoms with E-state index in [0.29, 0.717) is 6.61 Å². The summed E-state index contributed by atoms with van der Waals surface area (Å²) in [6, 6.07) is 14.7. The van der Waals surface area contributed by atoms with Crippen molar-refractivity contribution in [2.45, 2.75) is 104 Å². The summed E-state index contributed by atoms with van der Waals surface area (Å²) < 4.78 is 19.4. The summed E-state index contributed by atoms with van der Waals surface area (Å²) in [7, 11) is -4.31. The zero-order valence-corrected chi connectivity index (χ0v) is 27.5. The Morgan fingerprint density at radius 3 is 1.82 bits per heavy atom. The second-order valence-electron chi connectivity index (χ2n) is 13.5. The molecule has 0 N–H and O–H groups in total.